The van der Waals surface area contributed by atoms with Crippen molar-refractivity contribution < 1.29 is 13.9 Å². The molecule has 5 heteroatoms. The van der Waals surface area contributed by atoms with E-state index in [0.717, 1.165) is 39.9 Å². The summed E-state index contributed by atoms with van der Waals surface area (Å²) in [6.45, 7) is 6.59. The third kappa shape index (κ3) is 6.57. The smallest absolute Gasteiger partial charge is 0.175 e. The molecule has 0 saturated carbocycles. The highest BCUT2D eigenvalue weighted by Crippen LogP contribution is 2.37. The maximum Gasteiger partial charge on any atom is 0.175 e. The van der Waals surface area contributed by atoms with Crippen LogP contribution in [0.4, 0.5) is 4.39 Å². The van der Waals surface area contributed by atoms with Gasteiger partial charge in [0.25, 0.3) is 0 Å². The third-order valence-corrected chi connectivity index (χ3v) is 5.26. The summed E-state index contributed by atoms with van der Waals surface area (Å²) >= 11 is 3.64. The van der Waals surface area contributed by atoms with Gasteiger partial charge in [-0.25, -0.2) is 4.39 Å². The van der Waals surface area contributed by atoms with Gasteiger partial charge in [0.15, 0.2) is 11.5 Å². The van der Waals surface area contributed by atoms with Gasteiger partial charge < -0.3 is 14.8 Å². The van der Waals surface area contributed by atoms with Crippen LogP contribution in [0.3, 0.4) is 0 Å². The van der Waals surface area contributed by atoms with Crippen molar-refractivity contribution >= 4 is 15.9 Å². The lowest BCUT2D eigenvalue weighted by Gasteiger charge is -2.16. The Hall–Kier alpha value is -2.37. The highest BCUT2D eigenvalue weighted by molar-refractivity contribution is 9.10. The summed E-state index contributed by atoms with van der Waals surface area (Å²) in [4.78, 5) is 0. The van der Waals surface area contributed by atoms with E-state index in [4.69, 9.17) is 9.47 Å². The van der Waals surface area contributed by atoms with Crippen LogP contribution in [0.1, 0.15) is 29.2 Å². The van der Waals surface area contributed by atoms with E-state index in [9.17, 15) is 4.39 Å². The molecule has 158 valence electrons. The molecule has 0 aliphatic rings. The Kier molecular flexibility index (Phi) is 8.29. The molecule has 0 atom stereocenters. The van der Waals surface area contributed by atoms with Crippen molar-refractivity contribution in [2.75, 3.05) is 13.2 Å². The van der Waals surface area contributed by atoms with Crippen LogP contribution in [0.15, 0.2) is 65.1 Å². The molecule has 0 aliphatic carbocycles. The number of hydrogen-bond acceptors (Lipinski definition) is 3. The van der Waals surface area contributed by atoms with Crippen LogP contribution in [-0.4, -0.2) is 13.2 Å². The van der Waals surface area contributed by atoms with Crippen LogP contribution >= 0.6 is 15.9 Å². The van der Waals surface area contributed by atoms with Crippen molar-refractivity contribution in [3.63, 3.8) is 0 Å². The Morgan fingerprint density at radius 2 is 1.73 bits per heavy atom. The molecule has 3 nitrogen and oxygen atoms in total. The molecule has 0 radical (unpaired) electrons. The quantitative estimate of drug-likeness (QED) is 0.356. The molecule has 0 unspecified atom stereocenters. The van der Waals surface area contributed by atoms with E-state index in [1.165, 1.54) is 17.7 Å². The first kappa shape index (κ1) is 22.3. The van der Waals surface area contributed by atoms with Crippen molar-refractivity contribution in [1.82, 2.24) is 5.32 Å². The molecule has 0 saturated heterocycles. The van der Waals surface area contributed by atoms with Gasteiger partial charge in [0.1, 0.15) is 12.4 Å². The molecule has 0 fully saturated rings. The Labute approximate surface area is 186 Å². The topological polar surface area (TPSA) is 30.5 Å². The van der Waals surface area contributed by atoms with Gasteiger partial charge in [0.2, 0.25) is 0 Å². The maximum absolute atomic E-state index is 13.0. The number of halogens is 2. The number of aryl methyl sites for hydroxylation is 1. The molecule has 3 aromatic carbocycles. The summed E-state index contributed by atoms with van der Waals surface area (Å²) in [5.41, 5.74) is 4.55. The van der Waals surface area contributed by atoms with E-state index in [1.807, 2.05) is 31.2 Å². The number of nitrogens with one attached hydrogen (secondary N) is 1. The highest BCUT2D eigenvalue weighted by atomic mass is 79.9. The monoisotopic (exact) mass is 471 g/mol. The summed E-state index contributed by atoms with van der Waals surface area (Å²) in [5.74, 6) is 1.24. The molecular formula is C25H27BrFNO2. The minimum atomic E-state index is -0.204. The van der Waals surface area contributed by atoms with E-state index >= 15 is 0 Å². The summed E-state index contributed by atoms with van der Waals surface area (Å²) in [7, 11) is 0. The molecule has 0 aromatic heterocycles. The second-order valence-electron chi connectivity index (χ2n) is 7.17. The van der Waals surface area contributed by atoms with Crippen LogP contribution in [0, 0.1) is 12.7 Å². The molecule has 30 heavy (non-hydrogen) atoms. The van der Waals surface area contributed by atoms with Crippen LogP contribution in [0.25, 0.3) is 0 Å². The summed E-state index contributed by atoms with van der Waals surface area (Å²) in [5, 5.41) is 3.43. The molecule has 3 rings (SSSR count). The molecule has 1 N–H and O–H groups in total. The lowest BCUT2D eigenvalue weighted by molar-refractivity contribution is 0.267. The van der Waals surface area contributed by atoms with Crippen molar-refractivity contribution in [3.8, 4) is 11.5 Å². The highest BCUT2D eigenvalue weighted by Gasteiger charge is 2.13. The summed E-state index contributed by atoms with van der Waals surface area (Å²) in [6.07, 6.45) is 0.845. The second kappa shape index (κ2) is 11.1. The van der Waals surface area contributed by atoms with Gasteiger partial charge in [-0.3, -0.25) is 0 Å². The summed E-state index contributed by atoms with van der Waals surface area (Å²) in [6, 6.07) is 19.0. The van der Waals surface area contributed by atoms with Crippen LogP contribution in [-0.2, 0) is 19.6 Å². The normalized spacial score (nSPS) is 10.8. The molecule has 0 bridgehead atoms. The molecule has 0 aliphatic heterocycles. The lowest BCUT2D eigenvalue weighted by atomic mass is 10.1. The molecule has 0 heterocycles. The van der Waals surface area contributed by atoms with Gasteiger partial charge in [0.05, 0.1) is 11.1 Å². The van der Waals surface area contributed by atoms with Crippen molar-refractivity contribution in [1.29, 1.82) is 0 Å². The molecule has 3 aromatic rings. The number of ether oxygens (including phenoxy) is 2. The van der Waals surface area contributed by atoms with Gasteiger partial charge in [-0.05, 0) is 83.7 Å². The van der Waals surface area contributed by atoms with E-state index in [-0.39, 0.29) is 5.82 Å². The second-order valence-corrected chi connectivity index (χ2v) is 8.02. The number of hydrogen-bond donors (Lipinski definition) is 1. The minimum absolute atomic E-state index is 0.204. The Morgan fingerprint density at radius 1 is 0.933 bits per heavy atom. The van der Waals surface area contributed by atoms with Crippen molar-refractivity contribution in [2.45, 2.75) is 33.4 Å². The van der Waals surface area contributed by atoms with E-state index in [0.29, 0.717) is 25.5 Å². The zero-order chi connectivity index (χ0) is 21.3. The Morgan fingerprint density at radius 3 is 2.47 bits per heavy atom. The first-order chi connectivity index (χ1) is 14.5. The van der Waals surface area contributed by atoms with Gasteiger partial charge in [-0.2, -0.15) is 0 Å². The average Bonchev–Trinajstić information content (AvgIpc) is 2.72. The van der Waals surface area contributed by atoms with Gasteiger partial charge in [-0.1, -0.05) is 42.0 Å². The molecular weight excluding hydrogens is 445 g/mol. The fraction of sp³-hybridized carbons (Fsp3) is 0.280. The standard InChI is InChI=1S/C25H27BrFNO2/c1-3-29-24-15-21(16-28-12-11-19-7-9-22(27)10-8-19)14-23(26)25(24)30-17-20-6-4-5-18(2)13-20/h4-10,13-15,28H,3,11-12,16-17H2,1-2H3. The zero-order valence-electron chi connectivity index (χ0n) is 17.4. The van der Waals surface area contributed by atoms with E-state index in [2.05, 4.69) is 52.4 Å². The van der Waals surface area contributed by atoms with Crippen LogP contribution in [0.5, 0.6) is 11.5 Å². The number of benzene rings is 3. The first-order valence-electron chi connectivity index (χ1n) is 10.1. The maximum atomic E-state index is 13.0. The van der Waals surface area contributed by atoms with Crippen molar-refractivity contribution in [2.24, 2.45) is 0 Å². The van der Waals surface area contributed by atoms with Crippen molar-refractivity contribution in [3.05, 3.63) is 93.2 Å². The average molecular weight is 472 g/mol. The van der Waals surface area contributed by atoms with E-state index in [1.54, 1.807) is 0 Å². The van der Waals surface area contributed by atoms with Crippen LogP contribution in [0.2, 0.25) is 0 Å². The predicted molar refractivity (Wildman–Crippen MR) is 123 cm³/mol. The number of rotatable bonds is 10. The van der Waals surface area contributed by atoms with Crippen LogP contribution < -0.4 is 14.8 Å². The largest absolute Gasteiger partial charge is 0.490 e. The third-order valence-electron chi connectivity index (χ3n) is 4.67. The Bertz CT molecular complexity index is 960. The predicted octanol–water partition coefficient (Wildman–Crippen LogP) is 6.21. The fourth-order valence-corrected chi connectivity index (χ4v) is 3.80. The fourth-order valence-electron chi connectivity index (χ4n) is 3.20. The molecule has 0 amide bonds. The minimum Gasteiger partial charge on any atom is -0.490 e. The first-order valence-corrected chi connectivity index (χ1v) is 10.9. The lowest BCUT2D eigenvalue weighted by Crippen LogP contribution is -2.17. The van der Waals surface area contributed by atoms with Gasteiger partial charge in [0, 0.05) is 6.54 Å². The van der Waals surface area contributed by atoms with Gasteiger partial charge >= 0.3 is 0 Å². The SMILES string of the molecule is CCOc1cc(CNCCc2ccc(F)cc2)cc(Br)c1OCc1cccc(C)c1. The zero-order valence-corrected chi connectivity index (χ0v) is 19.0. The molecule has 0 spiro atoms. The van der Waals surface area contributed by atoms with E-state index < -0.39 is 0 Å². The summed E-state index contributed by atoms with van der Waals surface area (Å²) < 4.78 is 25.8. The Balaban J connectivity index is 1.61. The van der Waals surface area contributed by atoms with Gasteiger partial charge in [-0.15, -0.1) is 0 Å².